The van der Waals surface area contributed by atoms with E-state index in [0.29, 0.717) is 37.0 Å². The molecule has 0 aromatic carbocycles. The van der Waals surface area contributed by atoms with Crippen LogP contribution in [-0.2, 0) is 9.47 Å². The summed E-state index contributed by atoms with van der Waals surface area (Å²) in [7, 11) is 0. The third-order valence-electron chi connectivity index (χ3n) is 4.55. The van der Waals surface area contributed by atoms with Gasteiger partial charge in [0.05, 0.1) is 25.5 Å². The van der Waals surface area contributed by atoms with Crippen LogP contribution >= 0.6 is 0 Å². The lowest BCUT2D eigenvalue weighted by atomic mass is 9.85. The Hall–Kier alpha value is -0.640. The molecule has 3 heteroatoms. The molecule has 0 spiro atoms. The molecule has 0 saturated heterocycles. The second-order valence-corrected chi connectivity index (χ2v) is 6.51. The van der Waals surface area contributed by atoms with Crippen LogP contribution in [0, 0.1) is 23.7 Å². The molecule has 0 heterocycles. The van der Waals surface area contributed by atoms with E-state index in [4.69, 9.17) is 9.47 Å². The lowest BCUT2D eigenvalue weighted by Gasteiger charge is -2.34. The van der Waals surface area contributed by atoms with Gasteiger partial charge in [-0.05, 0) is 43.1 Å². The summed E-state index contributed by atoms with van der Waals surface area (Å²) in [6.07, 6.45) is 6.78. The molecule has 5 unspecified atom stereocenters. The lowest BCUT2D eigenvalue weighted by Crippen LogP contribution is -2.42. The van der Waals surface area contributed by atoms with E-state index in [2.05, 4.69) is 38.4 Å². The standard InChI is InChI=1S/C17H29NO2/c1-5-7-19-17-15-9-14(8-13(15)6-2)16(17)20-11-18-10-12(3)4/h5-6,12-18H,1-2,7-11H2,3-4H3. The first kappa shape index (κ1) is 15.7. The van der Waals surface area contributed by atoms with Crippen molar-refractivity contribution >= 4 is 0 Å². The van der Waals surface area contributed by atoms with Gasteiger partial charge in [-0.3, -0.25) is 5.32 Å². The molecular formula is C17H29NO2. The molecule has 2 aliphatic carbocycles. The fourth-order valence-electron chi connectivity index (χ4n) is 3.71. The highest BCUT2D eigenvalue weighted by Crippen LogP contribution is 2.51. The van der Waals surface area contributed by atoms with E-state index >= 15 is 0 Å². The Bertz CT molecular complexity index is 329. The molecule has 0 aromatic heterocycles. The largest absolute Gasteiger partial charge is 0.371 e. The summed E-state index contributed by atoms with van der Waals surface area (Å²) in [6, 6.07) is 0. The van der Waals surface area contributed by atoms with Crippen LogP contribution < -0.4 is 5.32 Å². The minimum atomic E-state index is 0.204. The van der Waals surface area contributed by atoms with Crippen LogP contribution in [0.2, 0.25) is 0 Å². The van der Waals surface area contributed by atoms with Crippen LogP contribution in [0.5, 0.6) is 0 Å². The van der Waals surface area contributed by atoms with E-state index in [1.807, 2.05) is 6.08 Å². The van der Waals surface area contributed by atoms with Gasteiger partial charge in [0.15, 0.2) is 0 Å². The van der Waals surface area contributed by atoms with Crippen molar-refractivity contribution in [1.82, 2.24) is 5.32 Å². The topological polar surface area (TPSA) is 30.5 Å². The normalized spacial score (nSPS) is 35.6. The summed E-state index contributed by atoms with van der Waals surface area (Å²) < 4.78 is 12.1. The maximum atomic E-state index is 6.09. The maximum absolute atomic E-state index is 6.09. The van der Waals surface area contributed by atoms with Crippen molar-refractivity contribution in [2.24, 2.45) is 23.7 Å². The summed E-state index contributed by atoms with van der Waals surface area (Å²) in [5.41, 5.74) is 0. The average molecular weight is 279 g/mol. The van der Waals surface area contributed by atoms with Gasteiger partial charge in [0.1, 0.15) is 0 Å². The van der Waals surface area contributed by atoms with Crippen molar-refractivity contribution in [3.8, 4) is 0 Å². The summed E-state index contributed by atoms with van der Waals surface area (Å²) >= 11 is 0. The Balaban J connectivity index is 1.86. The van der Waals surface area contributed by atoms with Crippen LogP contribution in [0.3, 0.4) is 0 Å². The van der Waals surface area contributed by atoms with Gasteiger partial charge in [0.25, 0.3) is 0 Å². The Morgan fingerprint density at radius 3 is 2.65 bits per heavy atom. The Labute approximate surface area is 123 Å². The van der Waals surface area contributed by atoms with E-state index in [1.165, 1.54) is 12.8 Å². The third kappa shape index (κ3) is 3.51. The van der Waals surface area contributed by atoms with E-state index in [-0.39, 0.29) is 12.2 Å². The molecule has 2 aliphatic rings. The van der Waals surface area contributed by atoms with Gasteiger partial charge in [-0.2, -0.15) is 0 Å². The van der Waals surface area contributed by atoms with Crippen LogP contribution in [0.15, 0.2) is 25.3 Å². The molecule has 0 aliphatic heterocycles. The summed E-state index contributed by atoms with van der Waals surface area (Å²) in [5.74, 6) is 2.45. The molecule has 1 N–H and O–H groups in total. The number of ether oxygens (including phenoxy) is 2. The SMILES string of the molecule is C=CCOC1C2CC(CC2C=C)C1OCNCC(C)C. The van der Waals surface area contributed by atoms with Crippen molar-refractivity contribution in [1.29, 1.82) is 0 Å². The fourth-order valence-corrected chi connectivity index (χ4v) is 3.71. The third-order valence-corrected chi connectivity index (χ3v) is 4.55. The monoisotopic (exact) mass is 279 g/mol. The quantitative estimate of drug-likeness (QED) is 0.400. The first-order chi connectivity index (χ1) is 9.67. The van der Waals surface area contributed by atoms with E-state index in [1.54, 1.807) is 0 Å². The molecular weight excluding hydrogens is 250 g/mol. The Morgan fingerprint density at radius 2 is 2.00 bits per heavy atom. The summed E-state index contributed by atoms with van der Waals surface area (Å²) in [5, 5.41) is 3.35. The number of rotatable bonds is 9. The number of nitrogens with one attached hydrogen (secondary N) is 1. The lowest BCUT2D eigenvalue weighted by molar-refractivity contribution is -0.102. The maximum Gasteiger partial charge on any atom is 0.0970 e. The van der Waals surface area contributed by atoms with Gasteiger partial charge < -0.3 is 9.47 Å². The van der Waals surface area contributed by atoms with Crippen molar-refractivity contribution in [2.45, 2.75) is 38.9 Å². The minimum absolute atomic E-state index is 0.204. The van der Waals surface area contributed by atoms with Gasteiger partial charge in [-0.25, -0.2) is 0 Å². The first-order valence-electron chi connectivity index (χ1n) is 7.84. The highest BCUT2D eigenvalue weighted by Gasteiger charge is 2.53. The molecule has 0 radical (unpaired) electrons. The molecule has 20 heavy (non-hydrogen) atoms. The van der Waals surface area contributed by atoms with Gasteiger partial charge in [-0.15, -0.1) is 13.2 Å². The fraction of sp³-hybridized carbons (Fsp3) is 0.765. The second-order valence-electron chi connectivity index (χ2n) is 6.51. The summed E-state index contributed by atoms with van der Waals surface area (Å²) in [4.78, 5) is 0. The van der Waals surface area contributed by atoms with Gasteiger partial charge in [0.2, 0.25) is 0 Å². The molecule has 3 nitrogen and oxygen atoms in total. The molecule has 5 atom stereocenters. The number of allylic oxidation sites excluding steroid dienone is 1. The molecule has 114 valence electrons. The highest BCUT2D eigenvalue weighted by molar-refractivity contribution is 5.07. The molecule has 2 saturated carbocycles. The van der Waals surface area contributed by atoms with Crippen molar-refractivity contribution in [2.75, 3.05) is 19.9 Å². The van der Waals surface area contributed by atoms with Crippen molar-refractivity contribution in [3.05, 3.63) is 25.3 Å². The number of hydrogen-bond donors (Lipinski definition) is 1. The minimum Gasteiger partial charge on any atom is -0.371 e. The molecule has 2 bridgehead atoms. The van der Waals surface area contributed by atoms with E-state index < -0.39 is 0 Å². The highest BCUT2D eigenvalue weighted by atomic mass is 16.5. The van der Waals surface area contributed by atoms with Crippen LogP contribution in [-0.4, -0.2) is 32.1 Å². The van der Waals surface area contributed by atoms with E-state index in [0.717, 1.165) is 6.54 Å². The van der Waals surface area contributed by atoms with Crippen molar-refractivity contribution < 1.29 is 9.47 Å². The number of fused-ring (bicyclic) bond motifs is 2. The Morgan fingerprint density at radius 1 is 1.20 bits per heavy atom. The molecule has 2 fully saturated rings. The van der Waals surface area contributed by atoms with Crippen LogP contribution in [0.25, 0.3) is 0 Å². The molecule has 2 rings (SSSR count). The van der Waals surface area contributed by atoms with Crippen LogP contribution in [0.4, 0.5) is 0 Å². The zero-order chi connectivity index (χ0) is 14.5. The summed E-state index contributed by atoms with van der Waals surface area (Å²) in [6.45, 7) is 14.3. The molecule has 0 aromatic rings. The van der Waals surface area contributed by atoms with Gasteiger partial charge >= 0.3 is 0 Å². The van der Waals surface area contributed by atoms with Crippen molar-refractivity contribution in [3.63, 3.8) is 0 Å². The average Bonchev–Trinajstić information content (AvgIpc) is 2.98. The Kier molecular flexibility index (Phi) is 5.82. The predicted molar refractivity (Wildman–Crippen MR) is 82.4 cm³/mol. The van der Waals surface area contributed by atoms with Crippen LogP contribution in [0.1, 0.15) is 26.7 Å². The van der Waals surface area contributed by atoms with E-state index in [9.17, 15) is 0 Å². The van der Waals surface area contributed by atoms with Gasteiger partial charge in [0, 0.05) is 0 Å². The zero-order valence-corrected chi connectivity index (χ0v) is 12.9. The van der Waals surface area contributed by atoms with Gasteiger partial charge in [-0.1, -0.05) is 26.0 Å². The second kappa shape index (κ2) is 7.39. The smallest absolute Gasteiger partial charge is 0.0970 e. The zero-order valence-electron chi connectivity index (χ0n) is 12.9. The molecule has 0 amide bonds. The first-order valence-corrected chi connectivity index (χ1v) is 7.84. The predicted octanol–water partition coefficient (Wildman–Crippen LogP) is 2.99. The number of hydrogen-bond acceptors (Lipinski definition) is 3.